The molecule has 0 atom stereocenters. The van der Waals surface area contributed by atoms with Crippen LogP contribution in [0.3, 0.4) is 0 Å². The number of H-pyrrole nitrogens is 1. The molecule has 0 aliphatic rings. The number of halogens is 1. The van der Waals surface area contributed by atoms with Crippen LogP contribution in [0.5, 0.6) is 0 Å². The Labute approximate surface area is 128 Å². The molecule has 1 amide bonds. The summed E-state index contributed by atoms with van der Waals surface area (Å²) in [5, 5.41) is 7.06. The Bertz CT molecular complexity index is 645. The molecule has 0 fully saturated rings. The van der Waals surface area contributed by atoms with Gasteiger partial charge < -0.3 is 10.6 Å². The molecule has 22 heavy (non-hydrogen) atoms. The van der Waals surface area contributed by atoms with E-state index in [0.29, 0.717) is 23.9 Å². The van der Waals surface area contributed by atoms with Gasteiger partial charge in [0, 0.05) is 11.1 Å². The summed E-state index contributed by atoms with van der Waals surface area (Å²) in [7, 11) is 0. The number of hydrogen-bond donors (Lipinski definition) is 2. The first kappa shape index (κ1) is 15.9. The van der Waals surface area contributed by atoms with E-state index in [-0.39, 0.29) is 17.8 Å². The van der Waals surface area contributed by atoms with Crippen molar-refractivity contribution in [2.45, 2.75) is 32.7 Å². The lowest BCUT2D eigenvalue weighted by Crippen LogP contribution is -2.33. The average Bonchev–Trinajstić information content (AvgIpc) is 2.87. The van der Waals surface area contributed by atoms with Crippen LogP contribution in [0.2, 0.25) is 0 Å². The SMILES string of the molecule is CC(C)(C)c1n[nH]c(CN(CC(N)=O)c2ccc(F)cc2)n1. The second-order valence-electron chi connectivity index (χ2n) is 6.15. The Morgan fingerprint density at radius 1 is 1.32 bits per heavy atom. The van der Waals surface area contributed by atoms with Crippen molar-refractivity contribution in [3.05, 3.63) is 41.7 Å². The van der Waals surface area contributed by atoms with Crippen molar-refractivity contribution in [3.63, 3.8) is 0 Å². The van der Waals surface area contributed by atoms with E-state index in [4.69, 9.17) is 5.73 Å². The molecule has 0 aliphatic carbocycles. The Morgan fingerprint density at radius 3 is 2.45 bits per heavy atom. The summed E-state index contributed by atoms with van der Waals surface area (Å²) in [6.07, 6.45) is 0. The van der Waals surface area contributed by atoms with Gasteiger partial charge in [0.05, 0.1) is 13.1 Å². The van der Waals surface area contributed by atoms with Crippen molar-refractivity contribution in [1.29, 1.82) is 0 Å². The number of nitrogens with zero attached hydrogens (tertiary/aromatic N) is 3. The minimum atomic E-state index is -0.472. The molecule has 6 nitrogen and oxygen atoms in total. The second kappa shape index (κ2) is 6.13. The van der Waals surface area contributed by atoms with Crippen LogP contribution < -0.4 is 10.6 Å². The van der Waals surface area contributed by atoms with E-state index >= 15 is 0 Å². The number of benzene rings is 1. The number of amides is 1. The molecule has 0 radical (unpaired) electrons. The number of primary amides is 1. The highest BCUT2D eigenvalue weighted by Gasteiger charge is 2.20. The first-order chi connectivity index (χ1) is 10.3. The van der Waals surface area contributed by atoms with E-state index in [9.17, 15) is 9.18 Å². The van der Waals surface area contributed by atoms with Crippen molar-refractivity contribution in [1.82, 2.24) is 15.2 Å². The zero-order chi connectivity index (χ0) is 16.3. The summed E-state index contributed by atoms with van der Waals surface area (Å²) < 4.78 is 13.0. The van der Waals surface area contributed by atoms with Crippen LogP contribution in [0, 0.1) is 5.82 Å². The normalized spacial score (nSPS) is 11.5. The van der Waals surface area contributed by atoms with E-state index in [1.54, 1.807) is 17.0 Å². The molecule has 0 saturated carbocycles. The van der Waals surface area contributed by atoms with Gasteiger partial charge in [-0.25, -0.2) is 9.37 Å². The molecular weight excluding hydrogens is 285 g/mol. The van der Waals surface area contributed by atoms with E-state index in [1.165, 1.54) is 12.1 Å². The molecule has 0 saturated heterocycles. The standard InChI is InChI=1S/C15H20FN5O/c1-15(2,3)14-18-13(19-20-14)9-21(8-12(17)22)11-6-4-10(16)5-7-11/h4-7H,8-9H2,1-3H3,(H2,17,22)(H,18,19,20). The topological polar surface area (TPSA) is 87.9 Å². The van der Waals surface area contributed by atoms with Gasteiger partial charge in [-0.3, -0.25) is 9.89 Å². The molecule has 118 valence electrons. The molecule has 1 heterocycles. The van der Waals surface area contributed by atoms with E-state index in [2.05, 4.69) is 15.2 Å². The fourth-order valence-electron chi connectivity index (χ4n) is 1.96. The van der Waals surface area contributed by atoms with Gasteiger partial charge >= 0.3 is 0 Å². The van der Waals surface area contributed by atoms with Gasteiger partial charge in [0.2, 0.25) is 5.91 Å². The maximum absolute atomic E-state index is 13.0. The zero-order valence-electron chi connectivity index (χ0n) is 12.9. The number of aromatic amines is 1. The van der Waals surface area contributed by atoms with Crippen LogP contribution in [-0.2, 0) is 16.8 Å². The van der Waals surface area contributed by atoms with Gasteiger partial charge in [-0.2, -0.15) is 5.10 Å². The van der Waals surface area contributed by atoms with Gasteiger partial charge in [0.25, 0.3) is 0 Å². The summed E-state index contributed by atoms with van der Waals surface area (Å²) in [6, 6.07) is 5.87. The summed E-state index contributed by atoms with van der Waals surface area (Å²) in [4.78, 5) is 17.4. The zero-order valence-corrected chi connectivity index (χ0v) is 12.9. The lowest BCUT2D eigenvalue weighted by molar-refractivity contribution is -0.116. The highest BCUT2D eigenvalue weighted by Crippen LogP contribution is 2.20. The maximum atomic E-state index is 13.0. The molecule has 1 aromatic carbocycles. The number of carbonyl (C=O) groups is 1. The first-order valence-corrected chi connectivity index (χ1v) is 6.96. The lowest BCUT2D eigenvalue weighted by Gasteiger charge is -2.22. The molecule has 7 heteroatoms. The molecular formula is C15H20FN5O. The number of aromatic nitrogens is 3. The predicted molar refractivity (Wildman–Crippen MR) is 81.7 cm³/mol. The second-order valence-corrected chi connectivity index (χ2v) is 6.15. The Kier molecular flexibility index (Phi) is 4.44. The van der Waals surface area contributed by atoms with Crippen molar-refractivity contribution in [3.8, 4) is 0 Å². The van der Waals surface area contributed by atoms with Crippen molar-refractivity contribution in [2.75, 3.05) is 11.4 Å². The fourth-order valence-corrected chi connectivity index (χ4v) is 1.96. The molecule has 2 rings (SSSR count). The minimum Gasteiger partial charge on any atom is -0.368 e. The maximum Gasteiger partial charge on any atom is 0.236 e. The molecule has 0 bridgehead atoms. The van der Waals surface area contributed by atoms with Crippen molar-refractivity contribution >= 4 is 11.6 Å². The highest BCUT2D eigenvalue weighted by molar-refractivity contribution is 5.79. The van der Waals surface area contributed by atoms with E-state index in [1.807, 2.05) is 20.8 Å². The monoisotopic (exact) mass is 305 g/mol. The van der Waals surface area contributed by atoms with Crippen LogP contribution in [-0.4, -0.2) is 27.6 Å². The van der Waals surface area contributed by atoms with Gasteiger partial charge in [0.1, 0.15) is 11.6 Å². The number of nitrogens with one attached hydrogen (secondary N) is 1. The molecule has 2 aromatic rings. The third-order valence-electron chi connectivity index (χ3n) is 3.08. The smallest absolute Gasteiger partial charge is 0.236 e. The Morgan fingerprint density at radius 2 is 1.95 bits per heavy atom. The number of nitrogens with two attached hydrogens (primary N) is 1. The summed E-state index contributed by atoms with van der Waals surface area (Å²) >= 11 is 0. The quantitative estimate of drug-likeness (QED) is 0.880. The number of hydrogen-bond acceptors (Lipinski definition) is 4. The third kappa shape index (κ3) is 4.03. The summed E-state index contributed by atoms with van der Waals surface area (Å²) in [5.41, 5.74) is 5.81. The minimum absolute atomic E-state index is 0.0111. The van der Waals surface area contributed by atoms with Crippen LogP contribution in [0.25, 0.3) is 0 Å². The van der Waals surface area contributed by atoms with Crippen LogP contribution >= 0.6 is 0 Å². The first-order valence-electron chi connectivity index (χ1n) is 6.96. The van der Waals surface area contributed by atoms with Gasteiger partial charge in [-0.05, 0) is 24.3 Å². The molecule has 0 aliphatic heterocycles. The fraction of sp³-hybridized carbons (Fsp3) is 0.400. The molecule has 1 aromatic heterocycles. The number of rotatable bonds is 5. The van der Waals surface area contributed by atoms with Gasteiger partial charge in [0.15, 0.2) is 5.82 Å². The van der Waals surface area contributed by atoms with Crippen molar-refractivity contribution in [2.24, 2.45) is 5.73 Å². The number of carbonyl (C=O) groups excluding carboxylic acids is 1. The van der Waals surface area contributed by atoms with Gasteiger partial charge in [-0.15, -0.1) is 0 Å². The Hall–Kier alpha value is -2.44. The largest absolute Gasteiger partial charge is 0.368 e. The Balaban J connectivity index is 2.21. The van der Waals surface area contributed by atoms with Gasteiger partial charge in [-0.1, -0.05) is 20.8 Å². The summed E-state index contributed by atoms with van der Waals surface area (Å²) in [6.45, 7) is 6.39. The van der Waals surface area contributed by atoms with Crippen LogP contribution in [0.1, 0.15) is 32.4 Å². The lowest BCUT2D eigenvalue weighted by atomic mass is 9.96. The number of anilines is 1. The average molecular weight is 305 g/mol. The molecule has 3 N–H and O–H groups in total. The molecule has 0 unspecified atom stereocenters. The highest BCUT2D eigenvalue weighted by atomic mass is 19.1. The van der Waals surface area contributed by atoms with E-state index < -0.39 is 5.91 Å². The van der Waals surface area contributed by atoms with Crippen molar-refractivity contribution < 1.29 is 9.18 Å². The molecule has 0 spiro atoms. The predicted octanol–water partition coefficient (Wildman–Crippen LogP) is 1.73. The third-order valence-corrected chi connectivity index (χ3v) is 3.08. The van der Waals surface area contributed by atoms with Crippen LogP contribution in [0.4, 0.5) is 10.1 Å². The summed E-state index contributed by atoms with van der Waals surface area (Å²) in [5.74, 6) is 0.508. The van der Waals surface area contributed by atoms with E-state index in [0.717, 1.165) is 0 Å². The van der Waals surface area contributed by atoms with Crippen LogP contribution in [0.15, 0.2) is 24.3 Å².